The molecule has 18 heavy (non-hydrogen) atoms. The van der Waals surface area contributed by atoms with Crippen molar-refractivity contribution in [1.82, 2.24) is 0 Å². The SMILES string of the molecule is CCC/C(C#N)=C(/N)c1cccc2c1OCCO2. The quantitative estimate of drug-likeness (QED) is 0.829. The van der Waals surface area contributed by atoms with Crippen LogP contribution in [0.25, 0.3) is 5.70 Å². The molecule has 4 nitrogen and oxygen atoms in total. The lowest BCUT2D eigenvalue weighted by atomic mass is 10.0. The van der Waals surface area contributed by atoms with Crippen LogP contribution in [0.3, 0.4) is 0 Å². The molecule has 0 atom stereocenters. The van der Waals surface area contributed by atoms with E-state index in [1.165, 1.54) is 0 Å². The maximum atomic E-state index is 9.13. The van der Waals surface area contributed by atoms with E-state index in [9.17, 15) is 0 Å². The highest BCUT2D eigenvalue weighted by molar-refractivity contribution is 5.75. The minimum absolute atomic E-state index is 0.488. The number of fused-ring (bicyclic) bond motifs is 1. The highest BCUT2D eigenvalue weighted by atomic mass is 16.6. The lowest BCUT2D eigenvalue weighted by Gasteiger charge is -2.21. The molecule has 0 radical (unpaired) electrons. The van der Waals surface area contributed by atoms with Crippen LogP contribution in [0.1, 0.15) is 25.3 Å². The summed E-state index contributed by atoms with van der Waals surface area (Å²) >= 11 is 0. The first-order valence-corrected chi connectivity index (χ1v) is 6.05. The monoisotopic (exact) mass is 244 g/mol. The molecule has 0 aliphatic carbocycles. The molecule has 4 heteroatoms. The Morgan fingerprint density at radius 3 is 2.89 bits per heavy atom. The van der Waals surface area contributed by atoms with Gasteiger partial charge in [-0.05, 0) is 18.6 Å². The Labute approximate surface area is 107 Å². The highest BCUT2D eigenvalue weighted by Crippen LogP contribution is 2.37. The second-order valence-electron chi connectivity index (χ2n) is 4.08. The van der Waals surface area contributed by atoms with Crippen molar-refractivity contribution in [3.05, 3.63) is 29.3 Å². The zero-order valence-electron chi connectivity index (χ0n) is 10.4. The molecular formula is C14H16N2O2. The van der Waals surface area contributed by atoms with Crippen molar-refractivity contribution in [3.63, 3.8) is 0 Å². The number of rotatable bonds is 3. The number of nitrogens with zero attached hydrogens (tertiary/aromatic N) is 1. The van der Waals surface area contributed by atoms with E-state index >= 15 is 0 Å². The van der Waals surface area contributed by atoms with E-state index < -0.39 is 0 Å². The van der Waals surface area contributed by atoms with Crippen molar-refractivity contribution in [2.75, 3.05) is 13.2 Å². The third-order valence-corrected chi connectivity index (χ3v) is 2.82. The van der Waals surface area contributed by atoms with Gasteiger partial charge >= 0.3 is 0 Å². The van der Waals surface area contributed by atoms with E-state index in [-0.39, 0.29) is 0 Å². The number of nitrogens with two attached hydrogens (primary N) is 1. The molecular weight excluding hydrogens is 228 g/mol. The molecule has 0 spiro atoms. The molecule has 1 heterocycles. The van der Waals surface area contributed by atoms with Crippen LogP contribution in [-0.4, -0.2) is 13.2 Å². The average Bonchev–Trinajstić information content (AvgIpc) is 2.43. The fourth-order valence-corrected chi connectivity index (χ4v) is 1.95. The topological polar surface area (TPSA) is 68.3 Å². The van der Waals surface area contributed by atoms with Crippen LogP contribution in [0, 0.1) is 11.3 Å². The number of hydrogen-bond donors (Lipinski definition) is 1. The van der Waals surface area contributed by atoms with Gasteiger partial charge in [0.2, 0.25) is 0 Å². The Morgan fingerprint density at radius 2 is 2.17 bits per heavy atom. The van der Waals surface area contributed by atoms with Crippen molar-refractivity contribution >= 4 is 5.70 Å². The Morgan fingerprint density at radius 1 is 1.39 bits per heavy atom. The Balaban J connectivity index is 2.48. The summed E-state index contributed by atoms with van der Waals surface area (Å²) in [5, 5.41) is 9.13. The normalized spacial score (nSPS) is 14.7. The lowest BCUT2D eigenvalue weighted by molar-refractivity contribution is 0.171. The molecule has 0 saturated carbocycles. The first-order chi connectivity index (χ1) is 8.77. The Kier molecular flexibility index (Phi) is 3.73. The van der Waals surface area contributed by atoms with Crippen molar-refractivity contribution in [1.29, 1.82) is 5.26 Å². The molecule has 0 fully saturated rings. The van der Waals surface area contributed by atoms with Crippen LogP contribution in [-0.2, 0) is 0 Å². The van der Waals surface area contributed by atoms with Crippen molar-refractivity contribution < 1.29 is 9.47 Å². The number of benzene rings is 1. The van der Waals surface area contributed by atoms with Crippen LogP contribution in [0.5, 0.6) is 11.5 Å². The number of para-hydroxylation sites is 1. The van der Waals surface area contributed by atoms with E-state index in [0.717, 1.165) is 12.0 Å². The second kappa shape index (κ2) is 5.46. The summed E-state index contributed by atoms with van der Waals surface area (Å²) in [6.07, 6.45) is 1.56. The summed E-state index contributed by atoms with van der Waals surface area (Å²) < 4.78 is 11.1. The fraction of sp³-hybridized carbons (Fsp3) is 0.357. The van der Waals surface area contributed by atoms with Crippen LogP contribution in [0.15, 0.2) is 23.8 Å². The van der Waals surface area contributed by atoms with E-state index in [0.29, 0.717) is 42.4 Å². The second-order valence-corrected chi connectivity index (χ2v) is 4.08. The van der Waals surface area contributed by atoms with Gasteiger partial charge in [-0.2, -0.15) is 5.26 Å². The lowest BCUT2D eigenvalue weighted by Crippen LogP contribution is -2.17. The van der Waals surface area contributed by atoms with Crippen molar-refractivity contribution in [2.45, 2.75) is 19.8 Å². The zero-order valence-corrected chi connectivity index (χ0v) is 10.4. The van der Waals surface area contributed by atoms with Gasteiger partial charge in [-0.3, -0.25) is 0 Å². The summed E-state index contributed by atoms with van der Waals surface area (Å²) in [5.41, 5.74) is 7.91. The summed E-state index contributed by atoms with van der Waals surface area (Å²) in [5.74, 6) is 1.33. The Hall–Kier alpha value is -2.15. The standard InChI is InChI=1S/C14H16N2O2/c1-2-4-10(9-15)13(16)11-5-3-6-12-14(11)18-8-7-17-12/h3,5-6H,2,4,7-8,16H2,1H3/b13-10-. The molecule has 1 aliphatic heterocycles. The van der Waals surface area contributed by atoms with Gasteiger partial charge in [-0.1, -0.05) is 19.4 Å². The van der Waals surface area contributed by atoms with E-state index in [1.807, 2.05) is 25.1 Å². The van der Waals surface area contributed by atoms with Gasteiger partial charge < -0.3 is 15.2 Å². The van der Waals surface area contributed by atoms with Gasteiger partial charge in [0.05, 0.1) is 17.3 Å². The fourth-order valence-electron chi connectivity index (χ4n) is 1.95. The van der Waals surface area contributed by atoms with Gasteiger partial charge in [-0.15, -0.1) is 0 Å². The predicted molar refractivity (Wildman–Crippen MR) is 69.1 cm³/mol. The zero-order chi connectivity index (χ0) is 13.0. The molecule has 0 unspecified atom stereocenters. The molecule has 1 aliphatic rings. The average molecular weight is 244 g/mol. The third-order valence-electron chi connectivity index (χ3n) is 2.82. The summed E-state index contributed by atoms with van der Waals surface area (Å²) in [7, 11) is 0. The minimum atomic E-state index is 0.488. The number of ether oxygens (including phenoxy) is 2. The molecule has 0 bridgehead atoms. The van der Waals surface area contributed by atoms with E-state index in [1.54, 1.807) is 0 Å². The van der Waals surface area contributed by atoms with Gasteiger partial charge in [0.15, 0.2) is 11.5 Å². The van der Waals surface area contributed by atoms with Gasteiger partial charge in [0.1, 0.15) is 13.2 Å². The molecule has 94 valence electrons. The van der Waals surface area contributed by atoms with Crippen LogP contribution in [0.4, 0.5) is 0 Å². The molecule has 0 aromatic heterocycles. The van der Waals surface area contributed by atoms with Crippen molar-refractivity contribution in [2.24, 2.45) is 5.73 Å². The summed E-state index contributed by atoms with van der Waals surface area (Å²) in [4.78, 5) is 0. The summed E-state index contributed by atoms with van der Waals surface area (Å²) in [6.45, 7) is 3.07. The first-order valence-electron chi connectivity index (χ1n) is 6.05. The molecule has 1 aromatic carbocycles. The predicted octanol–water partition coefficient (Wildman–Crippen LogP) is 2.45. The van der Waals surface area contributed by atoms with Gasteiger partial charge in [-0.25, -0.2) is 0 Å². The first kappa shape index (κ1) is 12.3. The van der Waals surface area contributed by atoms with Crippen LogP contribution < -0.4 is 15.2 Å². The highest BCUT2D eigenvalue weighted by Gasteiger charge is 2.18. The van der Waals surface area contributed by atoms with E-state index in [4.69, 9.17) is 20.5 Å². The molecule has 0 saturated heterocycles. The maximum absolute atomic E-state index is 9.13. The van der Waals surface area contributed by atoms with Crippen LogP contribution >= 0.6 is 0 Å². The largest absolute Gasteiger partial charge is 0.486 e. The third kappa shape index (κ3) is 2.25. The molecule has 1 aromatic rings. The van der Waals surface area contributed by atoms with Gasteiger partial charge in [0.25, 0.3) is 0 Å². The number of nitriles is 1. The van der Waals surface area contributed by atoms with Crippen LogP contribution in [0.2, 0.25) is 0 Å². The van der Waals surface area contributed by atoms with Gasteiger partial charge in [0, 0.05) is 5.56 Å². The van der Waals surface area contributed by atoms with Crippen molar-refractivity contribution in [3.8, 4) is 17.6 Å². The smallest absolute Gasteiger partial charge is 0.170 e. The van der Waals surface area contributed by atoms with E-state index in [2.05, 4.69) is 6.07 Å². The number of hydrogen-bond acceptors (Lipinski definition) is 4. The minimum Gasteiger partial charge on any atom is -0.486 e. The molecule has 2 rings (SSSR count). The molecule has 0 amide bonds. The summed E-state index contributed by atoms with van der Waals surface area (Å²) in [6, 6.07) is 7.73. The Bertz CT molecular complexity index is 515. The maximum Gasteiger partial charge on any atom is 0.170 e. The number of allylic oxidation sites excluding steroid dienone is 1. The molecule has 2 N–H and O–H groups in total.